The molecule has 1 saturated heterocycles. The molecular weight excluding hydrogens is 452 g/mol. The van der Waals surface area contributed by atoms with Crippen LogP contribution >= 0.6 is 0 Å². The minimum absolute atomic E-state index is 0.0323. The fourth-order valence-corrected chi connectivity index (χ4v) is 5.63. The zero-order chi connectivity index (χ0) is 24.0. The van der Waals surface area contributed by atoms with Crippen LogP contribution in [0.25, 0.3) is 0 Å². The molecule has 1 heterocycles. The standard InChI is InChI=1S/C23H27F2N3O4S/c1-16-14-19(9-10-20(16)24)33(31,32)28-13-5-4-7-18(28)11-12-26-22(29)23(30)27-15-17-6-2-3-8-21(17)25/h2-3,6,8-10,14,18H,4-5,7,11-13,15H2,1H3,(H,26,29)(H,27,30). The van der Waals surface area contributed by atoms with Crippen LogP contribution in [0.4, 0.5) is 8.78 Å². The van der Waals surface area contributed by atoms with E-state index in [-0.39, 0.29) is 35.2 Å². The summed E-state index contributed by atoms with van der Waals surface area (Å²) in [4.78, 5) is 24.1. The number of nitrogens with one attached hydrogen (secondary N) is 2. The Kier molecular flexibility index (Phi) is 8.15. The summed E-state index contributed by atoms with van der Waals surface area (Å²) in [6, 6.07) is 9.29. The number of piperidine rings is 1. The van der Waals surface area contributed by atoms with E-state index in [9.17, 15) is 26.8 Å². The summed E-state index contributed by atoms with van der Waals surface area (Å²) in [5.41, 5.74) is 0.510. The molecule has 0 spiro atoms. The van der Waals surface area contributed by atoms with Crippen molar-refractivity contribution in [3.8, 4) is 0 Å². The van der Waals surface area contributed by atoms with E-state index in [1.807, 2.05) is 0 Å². The molecule has 1 atom stereocenters. The van der Waals surface area contributed by atoms with E-state index in [0.717, 1.165) is 12.5 Å². The van der Waals surface area contributed by atoms with Gasteiger partial charge in [0.15, 0.2) is 0 Å². The second-order valence-corrected chi connectivity index (χ2v) is 9.89. The van der Waals surface area contributed by atoms with E-state index in [0.29, 0.717) is 25.8 Å². The van der Waals surface area contributed by atoms with Crippen LogP contribution in [0.3, 0.4) is 0 Å². The molecule has 33 heavy (non-hydrogen) atoms. The Bertz CT molecular complexity index is 1120. The van der Waals surface area contributed by atoms with Gasteiger partial charge in [-0.1, -0.05) is 24.6 Å². The van der Waals surface area contributed by atoms with Gasteiger partial charge in [-0.15, -0.1) is 0 Å². The van der Waals surface area contributed by atoms with Crippen LogP contribution in [-0.2, 0) is 26.2 Å². The van der Waals surface area contributed by atoms with Gasteiger partial charge < -0.3 is 10.6 Å². The van der Waals surface area contributed by atoms with Gasteiger partial charge in [0.1, 0.15) is 11.6 Å². The molecule has 2 aromatic rings. The Labute approximate surface area is 192 Å². The van der Waals surface area contributed by atoms with Crippen LogP contribution in [0.2, 0.25) is 0 Å². The highest BCUT2D eigenvalue weighted by atomic mass is 32.2. The molecule has 1 fully saturated rings. The lowest BCUT2D eigenvalue weighted by atomic mass is 10.0. The number of aryl methyl sites for hydroxylation is 1. The van der Waals surface area contributed by atoms with Crippen molar-refractivity contribution in [2.24, 2.45) is 0 Å². The van der Waals surface area contributed by atoms with Crippen LogP contribution in [0.15, 0.2) is 47.4 Å². The summed E-state index contributed by atoms with van der Waals surface area (Å²) >= 11 is 0. The average molecular weight is 480 g/mol. The SMILES string of the molecule is Cc1cc(S(=O)(=O)N2CCCCC2CCNC(=O)C(=O)NCc2ccccc2F)ccc1F. The number of carbonyl (C=O) groups is 2. The molecule has 0 aromatic heterocycles. The van der Waals surface area contributed by atoms with Crippen molar-refractivity contribution in [2.75, 3.05) is 13.1 Å². The molecule has 0 bridgehead atoms. The number of nitrogens with zero attached hydrogens (tertiary/aromatic N) is 1. The summed E-state index contributed by atoms with van der Waals surface area (Å²) in [6.45, 7) is 1.82. The molecule has 178 valence electrons. The Hall–Kier alpha value is -2.85. The van der Waals surface area contributed by atoms with Gasteiger partial charge in [0.2, 0.25) is 10.0 Å². The summed E-state index contributed by atoms with van der Waals surface area (Å²) in [5, 5.41) is 4.86. The Morgan fingerprint density at radius 3 is 2.48 bits per heavy atom. The number of benzene rings is 2. The molecule has 1 aliphatic rings. The van der Waals surface area contributed by atoms with E-state index in [1.54, 1.807) is 6.07 Å². The third kappa shape index (κ3) is 6.14. The number of rotatable bonds is 7. The first-order valence-corrected chi connectivity index (χ1v) is 12.2. The maximum Gasteiger partial charge on any atom is 0.309 e. The largest absolute Gasteiger partial charge is 0.348 e. The van der Waals surface area contributed by atoms with Crippen molar-refractivity contribution in [1.29, 1.82) is 0 Å². The number of hydrogen-bond acceptors (Lipinski definition) is 4. The first kappa shape index (κ1) is 24.8. The van der Waals surface area contributed by atoms with Crippen LogP contribution < -0.4 is 10.6 Å². The molecule has 2 amide bonds. The van der Waals surface area contributed by atoms with E-state index >= 15 is 0 Å². The van der Waals surface area contributed by atoms with E-state index in [4.69, 9.17) is 0 Å². The van der Waals surface area contributed by atoms with Gasteiger partial charge in [0.25, 0.3) is 0 Å². The lowest BCUT2D eigenvalue weighted by Gasteiger charge is -2.34. The smallest absolute Gasteiger partial charge is 0.309 e. The molecule has 0 radical (unpaired) electrons. The van der Waals surface area contributed by atoms with E-state index < -0.39 is 33.5 Å². The molecule has 0 aliphatic carbocycles. The first-order valence-electron chi connectivity index (χ1n) is 10.8. The van der Waals surface area contributed by atoms with Gasteiger partial charge in [-0.3, -0.25) is 9.59 Å². The minimum atomic E-state index is -3.82. The molecule has 1 unspecified atom stereocenters. The molecule has 2 aromatic carbocycles. The number of amides is 2. The van der Waals surface area contributed by atoms with Crippen molar-refractivity contribution in [3.05, 3.63) is 65.2 Å². The second-order valence-electron chi connectivity index (χ2n) is 8.00. The third-order valence-corrected chi connectivity index (χ3v) is 7.62. The number of carbonyl (C=O) groups excluding carboxylic acids is 2. The zero-order valence-corrected chi connectivity index (χ0v) is 19.1. The Morgan fingerprint density at radius 1 is 1.03 bits per heavy atom. The van der Waals surface area contributed by atoms with Crippen LogP contribution in [0.1, 0.15) is 36.8 Å². The highest BCUT2D eigenvalue weighted by Crippen LogP contribution is 2.27. The first-order chi connectivity index (χ1) is 15.7. The highest BCUT2D eigenvalue weighted by Gasteiger charge is 2.33. The predicted octanol–water partition coefficient (Wildman–Crippen LogP) is 2.64. The van der Waals surface area contributed by atoms with Crippen LogP contribution in [0, 0.1) is 18.6 Å². The Morgan fingerprint density at radius 2 is 1.76 bits per heavy atom. The molecular formula is C23H27F2N3O4S. The lowest BCUT2D eigenvalue weighted by Crippen LogP contribution is -2.46. The van der Waals surface area contributed by atoms with Crippen molar-refractivity contribution >= 4 is 21.8 Å². The van der Waals surface area contributed by atoms with Crippen molar-refractivity contribution < 1.29 is 26.8 Å². The average Bonchev–Trinajstić information content (AvgIpc) is 2.80. The highest BCUT2D eigenvalue weighted by molar-refractivity contribution is 7.89. The van der Waals surface area contributed by atoms with E-state index in [2.05, 4.69) is 10.6 Å². The monoisotopic (exact) mass is 479 g/mol. The summed E-state index contributed by atoms with van der Waals surface area (Å²) < 4.78 is 54.9. The normalized spacial score (nSPS) is 16.9. The van der Waals surface area contributed by atoms with Gasteiger partial charge >= 0.3 is 11.8 Å². The van der Waals surface area contributed by atoms with Gasteiger partial charge in [0, 0.05) is 31.2 Å². The predicted molar refractivity (Wildman–Crippen MR) is 119 cm³/mol. The summed E-state index contributed by atoms with van der Waals surface area (Å²) in [6.07, 6.45) is 2.50. The van der Waals surface area contributed by atoms with Gasteiger partial charge in [-0.25, -0.2) is 17.2 Å². The van der Waals surface area contributed by atoms with Crippen molar-refractivity contribution in [1.82, 2.24) is 14.9 Å². The molecule has 10 heteroatoms. The zero-order valence-electron chi connectivity index (χ0n) is 18.3. The number of hydrogen-bond donors (Lipinski definition) is 2. The van der Waals surface area contributed by atoms with Gasteiger partial charge in [0.05, 0.1) is 4.90 Å². The van der Waals surface area contributed by atoms with Crippen molar-refractivity contribution in [2.45, 2.75) is 50.1 Å². The molecule has 7 nitrogen and oxygen atoms in total. The molecule has 1 aliphatic heterocycles. The number of halogens is 2. The van der Waals surface area contributed by atoms with Crippen LogP contribution in [0.5, 0.6) is 0 Å². The quantitative estimate of drug-likeness (QED) is 0.597. The second kappa shape index (κ2) is 10.8. The molecule has 3 rings (SSSR count). The molecule has 0 saturated carbocycles. The molecule has 2 N–H and O–H groups in total. The fraction of sp³-hybridized carbons (Fsp3) is 0.391. The van der Waals surface area contributed by atoms with Gasteiger partial charge in [-0.2, -0.15) is 4.31 Å². The number of sulfonamides is 1. The fourth-order valence-electron chi connectivity index (χ4n) is 3.82. The summed E-state index contributed by atoms with van der Waals surface area (Å²) in [7, 11) is -3.82. The van der Waals surface area contributed by atoms with Crippen LogP contribution in [-0.4, -0.2) is 43.7 Å². The van der Waals surface area contributed by atoms with E-state index in [1.165, 1.54) is 41.6 Å². The minimum Gasteiger partial charge on any atom is -0.348 e. The van der Waals surface area contributed by atoms with Crippen molar-refractivity contribution in [3.63, 3.8) is 0 Å². The maximum absolute atomic E-state index is 13.6. The third-order valence-electron chi connectivity index (χ3n) is 5.68. The Balaban J connectivity index is 1.55. The maximum atomic E-state index is 13.6. The lowest BCUT2D eigenvalue weighted by molar-refractivity contribution is -0.139. The summed E-state index contributed by atoms with van der Waals surface area (Å²) in [5.74, 6) is -2.72. The topological polar surface area (TPSA) is 95.6 Å². The van der Waals surface area contributed by atoms with Gasteiger partial charge in [-0.05, 0) is 56.0 Å².